The van der Waals surface area contributed by atoms with Gasteiger partial charge in [0.1, 0.15) is 11.8 Å². The fourth-order valence-electron chi connectivity index (χ4n) is 3.03. The van der Waals surface area contributed by atoms with Crippen LogP contribution in [0.25, 0.3) is 0 Å². The third kappa shape index (κ3) is 2.90. The van der Waals surface area contributed by atoms with Gasteiger partial charge >= 0.3 is 0 Å². The van der Waals surface area contributed by atoms with Gasteiger partial charge in [-0.25, -0.2) is 0 Å². The molecule has 2 heterocycles. The van der Waals surface area contributed by atoms with E-state index in [0.717, 1.165) is 4.88 Å². The van der Waals surface area contributed by atoms with Crippen LogP contribution in [0.5, 0.6) is 5.75 Å². The summed E-state index contributed by atoms with van der Waals surface area (Å²) in [5, 5.41) is 12.5. The number of hydrogen-bond donors (Lipinski definition) is 1. The van der Waals surface area contributed by atoms with E-state index in [-0.39, 0.29) is 11.4 Å². The molecule has 1 atom stereocenters. The SMILES string of the molecule is COc1ccccc1N1C(=O)C(O)=C(C(=O)C(C)(C)C)C1c1cccs1. The number of ketones is 1. The van der Waals surface area contributed by atoms with Gasteiger partial charge in [-0.1, -0.05) is 39.0 Å². The van der Waals surface area contributed by atoms with Crippen LogP contribution < -0.4 is 9.64 Å². The maximum absolute atomic E-state index is 13.0. The summed E-state index contributed by atoms with van der Waals surface area (Å²) >= 11 is 1.44. The Morgan fingerprint density at radius 1 is 1.19 bits per heavy atom. The second kappa shape index (κ2) is 6.61. The number of carbonyl (C=O) groups excluding carboxylic acids is 2. The zero-order chi connectivity index (χ0) is 19.1. The molecule has 1 unspecified atom stereocenters. The number of benzene rings is 1. The Hall–Kier alpha value is -2.60. The van der Waals surface area contributed by atoms with E-state index in [1.807, 2.05) is 17.5 Å². The standard InChI is InChI=1S/C20H21NO4S/c1-20(2,3)18(23)15-16(14-10-7-11-26-14)21(19(24)17(15)22)12-8-5-6-9-13(12)25-4/h5-11,16,22H,1-4H3. The van der Waals surface area contributed by atoms with Crippen LogP contribution in [0.1, 0.15) is 31.7 Å². The fraction of sp³-hybridized carbons (Fsp3) is 0.300. The molecule has 0 radical (unpaired) electrons. The minimum absolute atomic E-state index is 0.135. The van der Waals surface area contributed by atoms with Crippen LogP contribution in [-0.4, -0.2) is 23.9 Å². The van der Waals surface area contributed by atoms with Gasteiger partial charge in [-0.3, -0.25) is 14.5 Å². The quantitative estimate of drug-likeness (QED) is 0.871. The van der Waals surface area contributed by atoms with Crippen molar-refractivity contribution >= 4 is 28.7 Å². The number of para-hydroxylation sites is 2. The summed E-state index contributed by atoms with van der Waals surface area (Å²) in [6, 6.07) is 10.1. The number of hydrogen-bond acceptors (Lipinski definition) is 5. The van der Waals surface area contributed by atoms with Crippen LogP contribution in [-0.2, 0) is 9.59 Å². The number of methoxy groups -OCH3 is 1. The first-order valence-electron chi connectivity index (χ1n) is 8.25. The van der Waals surface area contributed by atoms with Gasteiger partial charge in [0, 0.05) is 10.3 Å². The lowest BCUT2D eigenvalue weighted by Gasteiger charge is -2.28. The second-order valence-corrected chi connectivity index (χ2v) is 8.09. The molecule has 1 aliphatic rings. The molecule has 5 nitrogen and oxygen atoms in total. The van der Waals surface area contributed by atoms with Crippen LogP contribution in [0.2, 0.25) is 0 Å². The number of aliphatic hydroxyl groups excluding tert-OH is 1. The molecule has 0 spiro atoms. The Morgan fingerprint density at radius 3 is 2.46 bits per heavy atom. The number of anilines is 1. The Bertz CT molecular complexity index is 877. The van der Waals surface area contributed by atoms with Gasteiger partial charge in [-0.05, 0) is 23.6 Å². The first kappa shape index (κ1) is 18.2. The number of aliphatic hydroxyl groups is 1. The smallest absolute Gasteiger partial charge is 0.294 e. The number of rotatable bonds is 4. The largest absolute Gasteiger partial charge is 0.503 e. The summed E-state index contributed by atoms with van der Waals surface area (Å²) < 4.78 is 5.39. The van der Waals surface area contributed by atoms with Crippen molar-refractivity contribution in [2.24, 2.45) is 5.41 Å². The van der Waals surface area contributed by atoms with Crippen molar-refractivity contribution in [1.82, 2.24) is 0 Å². The maximum Gasteiger partial charge on any atom is 0.294 e. The summed E-state index contributed by atoms with van der Waals surface area (Å²) in [6.45, 7) is 5.33. The molecule has 1 aliphatic heterocycles. The van der Waals surface area contributed by atoms with E-state index in [0.29, 0.717) is 11.4 Å². The summed E-state index contributed by atoms with van der Waals surface area (Å²) in [5.74, 6) is -0.839. The van der Waals surface area contributed by atoms with E-state index in [9.17, 15) is 14.7 Å². The first-order chi connectivity index (χ1) is 12.3. The molecular formula is C20H21NO4S. The molecule has 0 aliphatic carbocycles. The van der Waals surface area contributed by atoms with Gasteiger partial charge in [0.05, 0.1) is 18.4 Å². The highest BCUT2D eigenvalue weighted by Gasteiger charge is 2.47. The molecule has 1 N–H and O–H groups in total. The van der Waals surface area contributed by atoms with Crippen LogP contribution in [0.4, 0.5) is 5.69 Å². The van der Waals surface area contributed by atoms with E-state index in [2.05, 4.69) is 0 Å². The van der Waals surface area contributed by atoms with Crippen molar-refractivity contribution in [3.63, 3.8) is 0 Å². The highest BCUT2D eigenvalue weighted by Crippen LogP contribution is 2.46. The van der Waals surface area contributed by atoms with Crippen molar-refractivity contribution in [2.75, 3.05) is 12.0 Å². The van der Waals surface area contributed by atoms with E-state index < -0.39 is 23.1 Å². The molecule has 26 heavy (non-hydrogen) atoms. The Morgan fingerprint density at radius 2 is 1.88 bits per heavy atom. The topological polar surface area (TPSA) is 66.8 Å². The Balaban J connectivity index is 2.21. The predicted octanol–water partition coefficient (Wildman–Crippen LogP) is 4.27. The minimum Gasteiger partial charge on any atom is -0.503 e. The zero-order valence-corrected chi connectivity index (χ0v) is 16.0. The lowest BCUT2D eigenvalue weighted by Crippen LogP contribution is -2.32. The molecule has 0 fully saturated rings. The number of ether oxygens (including phenoxy) is 1. The summed E-state index contributed by atoms with van der Waals surface area (Å²) in [6.07, 6.45) is 0. The van der Waals surface area contributed by atoms with E-state index in [1.165, 1.54) is 23.3 Å². The number of nitrogens with zero attached hydrogens (tertiary/aromatic N) is 1. The number of carbonyl (C=O) groups is 2. The first-order valence-corrected chi connectivity index (χ1v) is 9.13. The van der Waals surface area contributed by atoms with Crippen molar-refractivity contribution in [3.05, 3.63) is 58.0 Å². The summed E-state index contributed by atoms with van der Waals surface area (Å²) in [7, 11) is 1.52. The van der Waals surface area contributed by atoms with Crippen molar-refractivity contribution in [1.29, 1.82) is 0 Å². The molecule has 0 saturated heterocycles. The molecular weight excluding hydrogens is 350 g/mol. The third-order valence-electron chi connectivity index (χ3n) is 4.29. The van der Waals surface area contributed by atoms with Gasteiger partial charge in [-0.2, -0.15) is 0 Å². The minimum atomic E-state index is -0.726. The fourth-order valence-corrected chi connectivity index (χ4v) is 3.86. The van der Waals surface area contributed by atoms with Crippen molar-refractivity contribution in [2.45, 2.75) is 26.8 Å². The second-order valence-electron chi connectivity index (χ2n) is 7.11. The molecule has 0 saturated carbocycles. The molecule has 136 valence electrons. The van der Waals surface area contributed by atoms with Gasteiger partial charge in [0.15, 0.2) is 11.5 Å². The van der Waals surface area contributed by atoms with Crippen LogP contribution >= 0.6 is 11.3 Å². The highest BCUT2D eigenvalue weighted by molar-refractivity contribution is 7.10. The predicted molar refractivity (Wildman–Crippen MR) is 102 cm³/mol. The Labute approximate surface area is 156 Å². The molecule has 0 bridgehead atoms. The number of amides is 1. The maximum atomic E-state index is 13.0. The van der Waals surface area contributed by atoms with Crippen molar-refractivity contribution < 1.29 is 19.4 Å². The zero-order valence-electron chi connectivity index (χ0n) is 15.1. The normalized spacial score (nSPS) is 17.8. The average Bonchev–Trinajstić information content (AvgIpc) is 3.21. The third-order valence-corrected chi connectivity index (χ3v) is 5.22. The van der Waals surface area contributed by atoms with E-state index in [4.69, 9.17) is 4.74 Å². The van der Waals surface area contributed by atoms with Gasteiger partial charge in [0.25, 0.3) is 5.91 Å². The molecule has 6 heteroatoms. The lowest BCUT2D eigenvalue weighted by molar-refractivity contribution is -0.123. The molecule has 1 amide bonds. The Kier molecular flexibility index (Phi) is 4.63. The van der Waals surface area contributed by atoms with Crippen molar-refractivity contribution in [3.8, 4) is 5.75 Å². The summed E-state index contributed by atoms with van der Waals surface area (Å²) in [5.41, 5.74) is -0.0758. The van der Waals surface area contributed by atoms with E-state index >= 15 is 0 Å². The summed E-state index contributed by atoms with van der Waals surface area (Å²) in [4.78, 5) is 28.2. The number of thiophene rings is 1. The highest BCUT2D eigenvalue weighted by atomic mass is 32.1. The molecule has 1 aromatic carbocycles. The van der Waals surface area contributed by atoms with E-state index in [1.54, 1.807) is 45.0 Å². The van der Waals surface area contributed by atoms with Crippen LogP contribution in [0, 0.1) is 5.41 Å². The van der Waals surface area contributed by atoms with Crippen LogP contribution in [0.3, 0.4) is 0 Å². The monoisotopic (exact) mass is 371 g/mol. The average molecular weight is 371 g/mol. The van der Waals surface area contributed by atoms with Crippen LogP contribution in [0.15, 0.2) is 53.1 Å². The van der Waals surface area contributed by atoms with Gasteiger partial charge < -0.3 is 9.84 Å². The van der Waals surface area contributed by atoms with Gasteiger partial charge in [-0.15, -0.1) is 11.3 Å². The molecule has 1 aromatic heterocycles. The molecule has 3 rings (SSSR count). The lowest BCUT2D eigenvalue weighted by atomic mass is 9.83. The van der Waals surface area contributed by atoms with Gasteiger partial charge in [0.2, 0.25) is 0 Å². The number of Topliss-reactive ketones (excluding diaryl/α,β-unsaturated/α-hetero) is 1. The molecule has 2 aromatic rings.